The van der Waals surface area contributed by atoms with Gasteiger partial charge in [-0.2, -0.15) is 0 Å². The second-order valence-corrected chi connectivity index (χ2v) is 4.50. The lowest BCUT2D eigenvalue weighted by Crippen LogP contribution is -1.98. The highest BCUT2D eigenvalue weighted by atomic mass is 16.6. The van der Waals surface area contributed by atoms with Gasteiger partial charge in [0.25, 0.3) is 0 Å². The van der Waals surface area contributed by atoms with Crippen LogP contribution in [0, 0.1) is 0 Å². The molecule has 2 aromatic carbocycles. The summed E-state index contributed by atoms with van der Waals surface area (Å²) in [7, 11) is 0. The molecule has 0 aliphatic carbocycles. The fraction of sp³-hybridized carbons (Fsp3) is 0.250. The first-order chi connectivity index (χ1) is 8.93. The van der Waals surface area contributed by atoms with Crippen molar-refractivity contribution in [1.82, 2.24) is 0 Å². The van der Waals surface area contributed by atoms with Gasteiger partial charge in [0.15, 0.2) is 0 Å². The molecule has 0 bridgehead atoms. The van der Waals surface area contributed by atoms with Crippen molar-refractivity contribution in [2.75, 3.05) is 6.61 Å². The van der Waals surface area contributed by atoms with Crippen molar-refractivity contribution in [3.63, 3.8) is 0 Å². The van der Waals surface area contributed by atoms with Crippen molar-refractivity contribution in [1.29, 1.82) is 0 Å². The Bertz CT molecular complexity index is 504. The Morgan fingerprint density at radius 1 is 0.944 bits per heavy atom. The number of hydrogen-bond acceptors (Lipinski definition) is 2. The standard InChI is InChI=1S/C16H16O2/c1-2-6-13(7-3-1)10-17-11-14-8-4-5-9-15(14)16-12-18-16/h1-9,16H,10-12H2. The molecule has 0 aromatic heterocycles. The Kier molecular flexibility index (Phi) is 3.40. The average molecular weight is 240 g/mol. The fourth-order valence-electron chi connectivity index (χ4n) is 2.06. The first kappa shape index (κ1) is 11.5. The molecule has 0 radical (unpaired) electrons. The van der Waals surface area contributed by atoms with Crippen LogP contribution in [0.2, 0.25) is 0 Å². The van der Waals surface area contributed by atoms with Gasteiger partial charge in [-0.1, -0.05) is 54.6 Å². The summed E-state index contributed by atoms with van der Waals surface area (Å²) in [5.74, 6) is 0. The first-order valence-corrected chi connectivity index (χ1v) is 6.24. The van der Waals surface area contributed by atoms with E-state index in [1.54, 1.807) is 0 Å². The lowest BCUT2D eigenvalue weighted by Gasteiger charge is -2.08. The third-order valence-corrected chi connectivity index (χ3v) is 3.10. The van der Waals surface area contributed by atoms with Crippen molar-refractivity contribution in [3.8, 4) is 0 Å². The molecule has 1 heterocycles. The van der Waals surface area contributed by atoms with Crippen LogP contribution in [-0.4, -0.2) is 6.61 Å². The molecular formula is C16H16O2. The maximum atomic E-state index is 5.77. The van der Waals surface area contributed by atoms with Gasteiger partial charge in [0, 0.05) is 0 Å². The zero-order valence-corrected chi connectivity index (χ0v) is 10.2. The van der Waals surface area contributed by atoms with Crippen molar-refractivity contribution in [2.24, 2.45) is 0 Å². The van der Waals surface area contributed by atoms with Crippen molar-refractivity contribution in [3.05, 3.63) is 71.3 Å². The van der Waals surface area contributed by atoms with Gasteiger partial charge < -0.3 is 9.47 Å². The van der Waals surface area contributed by atoms with E-state index in [0.717, 1.165) is 6.61 Å². The Labute approximate surface area is 107 Å². The molecule has 1 saturated heterocycles. The fourth-order valence-corrected chi connectivity index (χ4v) is 2.06. The van der Waals surface area contributed by atoms with E-state index in [-0.39, 0.29) is 0 Å². The van der Waals surface area contributed by atoms with Crippen LogP contribution in [0.15, 0.2) is 54.6 Å². The van der Waals surface area contributed by atoms with E-state index >= 15 is 0 Å². The Morgan fingerprint density at radius 2 is 1.67 bits per heavy atom. The first-order valence-electron chi connectivity index (χ1n) is 6.24. The molecule has 1 unspecified atom stereocenters. The normalized spacial score (nSPS) is 17.7. The van der Waals surface area contributed by atoms with Gasteiger partial charge in [-0.25, -0.2) is 0 Å². The third-order valence-electron chi connectivity index (χ3n) is 3.10. The number of epoxide rings is 1. The monoisotopic (exact) mass is 240 g/mol. The van der Waals surface area contributed by atoms with E-state index in [0.29, 0.717) is 19.3 Å². The lowest BCUT2D eigenvalue weighted by molar-refractivity contribution is 0.106. The van der Waals surface area contributed by atoms with Gasteiger partial charge in [-0.05, 0) is 16.7 Å². The minimum absolute atomic E-state index is 0.293. The molecule has 0 N–H and O–H groups in total. The van der Waals surface area contributed by atoms with Crippen molar-refractivity contribution in [2.45, 2.75) is 19.3 Å². The van der Waals surface area contributed by atoms with E-state index in [9.17, 15) is 0 Å². The summed E-state index contributed by atoms with van der Waals surface area (Å²) >= 11 is 0. The van der Waals surface area contributed by atoms with Crippen LogP contribution in [0.3, 0.4) is 0 Å². The number of ether oxygens (including phenoxy) is 2. The Hall–Kier alpha value is -1.64. The molecule has 0 spiro atoms. The summed E-state index contributed by atoms with van der Waals surface area (Å²) in [6, 6.07) is 18.6. The average Bonchev–Trinajstić information content (AvgIpc) is 3.25. The summed E-state index contributed by atoms with van der Waals surface area (Å²) in [5.41, 5.74) is 3.71. The molecule has 0 saturated carbocycles. The minimum atomic E-state index is 0.293. The summed E-state index contributed by atoms with van der Waals surface area (Å²) in [6.07, 6.45) is 0.293. The van der Waals surface area contributed by atoms with E-state index in [4.69, 9.17) is 9.47 Å². The zero-order valence-electron chi connectivity index (χ0n) is 10.2. The van der Waals surface area contributed by atoms with Crippen LogP contribution < -0.4 is 0 Å². The molecule has 3 rings (SSSR count). The van der Waals surface area contributed by atoms with Crippen LogP contribution >= 0.6 is 0 Å². The molecule has 1 aliphatic rings. The van der Waals surface area contributed by atoms with Gasteiger partial charge in [0.2, 0.25) is 0 Å². The zero-order chi connectivity index (χ0) is 12.2. The van der Waals surface area contributed by atoms with E-state index in [1.807, 2.05) is 24.3 Å². The summed E-state index contributed by atoms with van der Waals surface area (Å²) in [6.45, 7) is 2.14. The van der Waals surface area contributed by atoms with Crippen LogP contribution in [0.1, 0.15) is 22.8 Å². The predicted molar refractivity (Wildman–Crippen MR) is 70.1 cm³/mol. The Balaban J connectivity index is 1.60. The van der Waals surface area contributed by atoms with Crippen LogP contribution in [-0.2, 0) is 22.7 Å². The molecule has 0 amide bonds. The maximum absolute atomic E-state index is 5.77. The third kappa shape index (κ3) is 2.78. The second-order valence-electron chi connectivity index (χ2n) is 4.50. The van der Waals surface area contributed by atoms with Crippen molar-refractivity contribution >= 4 is 0 Å². The lowest BCUT2D eigenvalue weighted by atomic mass is 10.1. The van der Waals surface area contributed by atoms with Gasteiger partial charge in [-0.15, -0.1) is 0 Å². The molecule has 2 heteroatoms. The van der Waals surface area contributed by atoms with E-state index in [2.05, 4.69) is 30.3 Å². The summed E-state index contributed by atoms with van der Waals surface area (Å²) < 4.78 is 11.1. The SMILES string of the molecule is c1ccc(COCc2ccccc2C2CO2)cc1. The molecule has 1 fully saturated rings. The second kappa shape index (κ2) is 5.34. The van der Waals surface area contributed by atoms with Gasteiger partial charge >= 0.3 is 0 Å². The topological polar surface area (TPSA) is 21.8 Å². The largest absolute Gasteiger partial charge is 0.372 e. The quantitative estimate of drug-likeness (QED) is 0.746. The summed E-state index contributed by atoms with van der Waals surface area (Å²) in [4.78, 5) is 0. The molecule has 1 aliphatic heterocycles. The van der Waals surface area contributed by atoms with Gasteiger partial charge in [0.05, 0.1) is 19.8 Å². The van der Waals surface area contributed by atoms with Crippen LogP contribution in [0.25, 0.3) is 0 Å². The summed E-state index contributed by atoms with van der Waals surface area (Å²) in [5, 5.41) is 0. The van der Waals surface area contributed by atoms with Gasteiger partial charge in [-0.3, -0.25) is 0 Å². The molecule has 2 nitrogen and oxygen atoms in total. The number of rotatable bonds is 5. The highest BCUT2D eigenvalue weighted by Crippen LogP contribution is 2.32. The molecule has 18 heavy (non-hydrogen) atoms. The smallest absolute Gasteiger partial charge is 0.106 e. The Morgan fingerprint density at radius 3 is 2.44 bits per heavy atom. The number of hydrogen-bond donors (Lipinski definition) is 0. The van der Waals surface area contributed by atoms with Gasteiger partial charge in [0.1, 0.15) is 6.10 Å². The molecular weight excluding hydrogens is 224 g/mol. The highest BCUT2D eigenvalue weighted by molar-refractivity contribution is 5.30. The molecule has 92 valence electrons. The van der Waals surface area contributed by atoms with Crippen LogP contribution in [0.4, 0.5) is 0 Å². The molecule has 2 aromatic rings. The highest BCUT2D eigenvalue weighted by Gasteiger charge is 2.26. The minimum Gasteiger partial charge on any atom is -0.372 e. The number of benzene rings is 2. The van der Waals surface area contributed by atoms with Crippen molar-refractivity contribution < 1.29 is 9.47 Å². The van der Waals surface area contributed by atoms with E-state index in [1.165, 1.54) is 16.7 Å². The van der Waals surface area contributed by atoms with E-state index < -0.39 is 0 Å². The van der Waals surface area contributed by atoms with Crippen LogP contribution in [0.5, 0.6) is 0 Å². The molecule has 1 atom stereocenters. The maximum Gasteiger partial charge on any atom is 0.106 e. The predicted octanol–water partition coefficient (Wildman–Crippen LogP) is 3.47.